The van der Waals surface area contributed by atoms with Gasteiger partial charge < -0.3 is 0 Å². The standard InChI is InChI=1S/C6H7NO2/c1-2-7-5(8)3-4-6(7)9/h3-4H,2H2,1H3/i2+2. The van der Waals surface area contributed by atoms with E-state index in [2.05, 4.69) is 0 Å². The highest BCUT2D eigenvalue weighted by molar-refractivity contribution is 6.12. The number of rotatable bonds is 1. The number of hydrogen-bond acceptors (Lipinski definition) is 2. The molecule has 0 atom stereocenters. The minimum absolute atomic E-state index is 0.206. The van der Waals surface area contributed by atoms with Crippen molar-refractivity contribution in [3.63, 3.8) is 0 Å². The van der Waals surface area contributed by atoms with Crippen molar-refractivity contribution in [1.82, 2.24) is 4.90 Å². The molecule has 0 fully saturated rings. The molecule has 0 aliphatic carbocycles. The summed E-state index contributed by atoms with van der Waals surface area (Å²) in [5.41, 5.74) is 0. The van der Waals surface area contributed by atoms with Gasteiger partial charge in [0, 0.05) is 18.7 Å². The number of hydrogen-bond donors (Lipinski definition) is 0. The third kappa shape index (κ3) is 0.850. The molecule has 9 heavy (non-hydrogen) atoms. The van der Waals surface area contributed by atoms with Crippen molar-refractivity contribution in [3.05, 3.63) is 12.2 Å². The van der Waals surface area contributed by atoms with Gasteiger partial charge in [-0.1, -0.05) is 0 Å². The summed E-state index contributed by atoms with van der Waals surface area (Å²) in [4.78, 5) is 22.4. The predicted octanol–water partition coefficient (Wildman–Crippen LogP) is -0.0687. The fourth-order valence-corrected chi connectivity index (χ4v) is 0.743. The first kappa shape index (κ1) is 6.01. The van der Waals surface area contributed by atoms with Gasteiger partial charge in [-0.15, -0.1) is 0 Å². The summed E-state index contributed by atoms with van der Waals surface area (Å²) in [7, 11) is 0. The van der Waals surface area contributed by atoms with Crippen molar-refractivity contribution >= 4 is 11.8 Å². The maximum Gasteiger partial charge on any atom is 0.253 e. The van der Waals surface area contributed by atoms with Gasteiger partial charge in [0.15, 0.2) is 0 Å². The molecule has 0 saturated carbocycles. The molecular formula is C6H7NO2. The number of amides is 2. The van der Waals surface area contributed by atoms with Gasteiger partial charge in [0.1, 0.15) is 0 Å². The van der Waals surface area contributed by atoms with Gasteiger partial charge in [-0.3, -0.25) is 14.5 Å². The van der Waals surface area contributed by atoms with Crippen LogP contribution >= 0.6 is 0 Å². The van der Waals surface area contributed by atoms with E-state index < -0.39 is 0 Å². The highest BCUT2D eigenvalue weighted by atomic mass is 16.2. The first-order valence-electron chi connectivity index (χ1n) is 2.79. The summed E-state index contributed by atoms with van der Waals surface area (Å²) in [5, 5.41) is 0. The fraction of sp³-hybridized carbons (Fsp3) is 0.333. The molecule has 0 aromatic rings. The van der Waals surface area contributed by atoms with E-state index in [0.717, 1.165) is 0 Å². The lowest BCUT2D eigenvalue weighted by atomic mass is 10.6. The molecule has 0 aromatic carbocycles. The lowest BCUT2D eigenvalue weighted by Crippen LogP contribution is -2.29. The summed E-state index contributed by atoms with van der Waals surface area (Å²) >= 11 is 0. The topological polar surface area (TPSA) is 37.4 Å². The highest BCUT2D eigenvalue weighted by Gasteiger charge is 2.20. The lowest BCUT2D eigenvalue weighted by Gasteiger charge is -2.08. The number of nitrogens with zero attached hydrogens (tertiary/aromatic N) is 1. The number of likely N-dealkylation sites (N-methyl/N-ethyl adjacent to an activating group) is 1. The highest BCUT2D eigenvalue weighted by Crippen LogP contribution is 2.00. The normalized spacial score (nSPS) is 17.7. The second-order valence-electron chi connectivity index (χ2n) is 1.75. The Balaban J connectivity index is 2.75. The van der Waals surface area contributed by atoms with Crippen LogP contribution in [-0.4, -0.2) is 23.3 Å². The number of carbonyl (C=O) groups is 2. The molecule has 1 aliphatic heterocycles. The second-order valence-corrected chi connectivity index (χ2v) is 1.75. The van der Waals surface area contributed by atoms with Crippen LogP contribution in [0.2, 0.25) is 0 Å². The SMILES string of the molecule is C[14CH2]N1C(=O)C=CC1=O. The summed E-state index contributed by atoms with van der Waals surface area (Å²) in [5.74, 6) is -0.412. The maximum absolute atomic E-state index is 10.6. The molecular weight excluding hydrogens is 120 g/mol. The quantitative estimate of drug-likeness (QED) is 0.462. The number of carbonyl (C=O) groups excluding carboxylic acids is 2. The van der Waals surface area contributed by atoms with Crippen LogP contribution in [0, 0.1) is 0 Å². The fourth-order valence-electron chi connectivity index (χ4n) is 0.743. The largest absolute Gasteiger partial charge is 0.276 e. The first-order chi connectivity index (χ1) is 4.25. The van der Waals surface area contributed by atoms with Crippen molar-refractivity contribution in [3.8, 4) is 0 Å². The Bertz CT molecular complexity index is 165. The molecule has 0 saturated heterocycles. The molecule has 3 nitrogen and oxygen atoms in total. The minimum atomic E-state index is -0.206. The minimum Gasteiger partial charge on any atom is -0.276 e. The van der Waals surface area contributed by atoms with Gasteiger partial charge in [-0.2, -0.15) is 0 Å². The Morgan fingerprint density at radius 2 is 1.78 bits per heavy atom. The molecule has 3 heteroatoms. The molecule has 0 spiro atoms. The van der Waals surface area contributed by atoms with Crippen molar-refractivity contribution in [2.75, 3.05) is 6.54 Å². The monoisotopic (exact) mass is 127 g/mol. The Labute approximate surface area is 53.0 Å². The van der Waals surface area contributed by atoms with Crippen molar-refractivity contribution in [2.45, 2.75) is 6.92 Å². The Morgan fingerprint density at radius 1 is 1.33 bits per heavy atom. The summed E-state index contributed by atoms with van der Waals surface area (Å²) in [6, 6.07) is 0. The Hall–Kier alpha value is -1.12. The molecule has 1 rings (SSSR count). The summed E-state index contributed by atoms with van der Waals surface area (Å²) in [6.45, 7) is 2.23. The van der Waals surface area contributed by atoms with Gasteiger partial charge >= 0.3 is 0 Å². The predicted molar refractivity (Wildman–Crippen MR) is 31.5 cm³/mol. The first-order valence-corrected chi connectivity index (χ1v) is 2.79. The van der Waals surface area contributed by atoms with Crippen LogP contribution in [0.4, 0.5) is 0 Å². The molecule has 0 N–H and O–H groups in total. The molecule has 0 unspecified atom stereocenters. The van der Waals surface area contributed by atoms with Crippen molar-refractivity contribution in [1.29, 1.82) is 0 Å². The van der Waals surface area contributed by atoms with Gasteiger partial charge in [0.25, 0.3) is 11.8 Å². The Kier molecular flexibility index (Phi) is 1.34. The smallest absolute Gasteiger partial charge is 0.253 e. The van der Waals surface area contributed by atoms with Crippen LogP contribution in [0.1, 0.15) is 6.92 Å². The molecule has 2 amide bonds. The molecule has 1 aliphatic rings. The maximum atomic E-state index is 10.6. The zero-order chi connectivity index (χ0) is 6.85. The van der Waals surface area contributed by atoms with Crippen LogP contribution < -0.4 is 0 Å². The van der Waals surface area contributed by atoms with Crippen molar-refractivity contribution < 1.29 is 9.59 Å². The van der Waals surface area contributed by atoms with E-state index in [0.29, 0.717) is 6.54 Å². The lowest BCUT2D eigenvalue weighted by molar-refractivity contribution is -0.136. The van der Waals surface area contributed by atoms with Crippen LogP contribution in [0.5, 0.6) is 0 Å². The Morgan fingerprint density at radius 3 is 2.00 bits per heavy atom. The van der Waals surface area contributed by atoms with Crippen LogP contribution in [-0.2, 0) is 9.59 Å². The molecule has 1 heterocycles. The van der Waals surface area contributed by atoms with E-state index in [9.17, 15) is 9.59 Å². The third-order valence-corrected chi connectivity index (χ3v) is 1.22. The van der Waals surface area contributed by atoms with E-state index in [1.807, 2.05) is 0 Å². The van der Waals surface area contributed by atoms with Crippen LogP contribution in [0.25, 0.3) is 0 Å². The van der Waals surface area contributed by atoms with Gasteiger partial charge in [0.05, 0.1) is 0 Å². The van der Waals surface area contributed by atoms with Gasteiger partial charge in [0.2, 0.25) is 0 Å². The third-order valence-electron chi connectivity index (χ3n) is 1.22. The average molecular weight is 127 g/mol. The zero-order valence-electron chi connectivity index (χ0n) is 5.13. The van der Waals surface area contributed by atoms with Crippen LogP contribution in [0.3, 0.4) is 0 Å². The second kappa shape index (κ2) is 2.01. The summed E-state index contributed by atoms with van der Waals surface area (Å²) < 4.78 is 0. The van der Waals surface area contributed by atoms with Gasteiger partial charge in [-0.25, -0.2) is 0 Å². The molecule has 0 radical (unpaired) electrons. The zero-order valence-corrected chi connectivity index (χ0v) is 5.13. The summed E-state index contributed by atoms with van der Waals surface area (Å²) in [6.07, 6.45) is 2.57. The van der Waals surface area contributed by atoms with E-state index in [1.54, 1.807) is 6.92 Å². The average Bonchev–Trinajstić information content (AvgIpc) is 2.12. The van der Waals surface area contributed by atoms with Crippen molar-refractivity contribution in [2.24, 2.45) is 0 Å². The van der Waals surface area contributed by atoms with E-state index in [4.69, 9.17) is 0 Å². The molecule has 0 aromatic heterocycles. The molecule has 48 valence electrons. The van der Waals surface area contributed by atoms with Gasteiger partial charge in [-0.05, 0) is 6.92 Å². The van der Waals surface area contributed by atoms with E-state index in [-0.39, 0.29) is 11.8 Å². The van der Waals surface area contributed by atoms with Crippen LogP contribution in [0.15, 0.2) is 12.2 Å². The molecule has 0 bridgehead atoms. The number of imide groups is 1. The van der Waals surface area contributed by atoms with E-state index in [1.165, 1.54) is 17.1 Å². The van der Waals surface area contributed by atoms with E-state index >= 15 is 0 Å².